The lowest BCUT2D eigenvalue weighted by molar-refractivity contribution is -0.125. The summed E-state index contributed by atoms with van der Waals surface area (Å²) in [6, 6.07) is 7.45. The Kier molecular flexibility index (Phi) is 4.76. The standard InChI is InChI=1S/C14H20N2O/c1-11(2)10-16(3)14(17)8-7-12-5-4-6-13(15)9-12/h4-9,11H,10,15H2,1-3H3/b8-7+. The SMILES string of the molecule is CC(C)CN(C)C(=O)/C=C/c1cccc(N)c1. The van der Waals surface area contributed by atoms with Crippen molar-refractivity contribution in [2.75, 3.05) is 19.3 Å². The van der Waals surface area contributed by atoms with E-state index in [1.807, 2.05) is 31.3 Å². The summed E-state index contributed by atoms with van der Waals surface area (Å²) in [5.74, 6) is 0.492. The second-order valence-electron chi connectivity index (χ2n) is 4.62. The fourth-order valence-electron chi connectivity index (χ4n) is 1.60. The largest absolute Gasteiger partial charge is 0.399 e. The number of carbonyl (C=O) groups is 1. The average Bonchev–Trinajstić information content (AvgIpc) is 2.25. The molecular formula is C14H20N2O. The number of nitrogens with two attached hydrogens (primary N) is 1. The monoisotopic (exact) mass is 232 g/mol. The van der Waals surface area contributed by atoms with Crippen molar-refractivity contribution in [1.82, 2.24) is 4.90 Å². The molecule has 92 valence electrons. The number of hydrogen-bond acceptors (Lipinski definition) is 2. The fraction of sp³-hybridized carbons (Fsp3) is 0.357. The van der Waals surface area contributed by atoms with Crippen LogP contribution in [0.3, 0.4) is 0 Å². The van der Waals surface area contributed by atoms with E-state index in [4.69, 9.17) is 5.73 Å². The quantitative estimate of drug-likeness (QED) is 0.640. The molecule has 0 aliphatic carbocycles. The molecule has 0 aromatic heterocycles. The van der Waals surface area contributed by atoms with Crippen LogP contribution in [0.1, 0.15) is 19.4 Å². The first-order valence-corrected chi connectivity index (χ1v) is 5.77. The molecule has 0 fully saturated rings. The van der Waals surface area contributed by atoms with Crippen molar-refractivity contribution < 1.29 is 4.79 Å². The highest BCUT2D eigenvalue weighted by molar-refractivity contribution is 5.91. The normalized spacial score (nSPS) is 11.1. The number of hydrogen-bond donors (Lipinski definition) is 1. The first-order chi connectivity index (χ1) is 7.99. The molecule has 0 heterocycles. The van der Waals surface area contributed by atoms with E-state index in [1.54, 1.807) is 17.1 Å². The van der Waals surface area contributed by atoms with Crippen LogP contribution in [-0.2, 0) is 4.79 Å². The van der Waals surface area contributed by atoms with Crippen molar-refractivity contribution in [2.45, 2.75) is 13.8 Å². The Hall–Kier alpha value is -1.77. The second kappa shape index (κ2) is 6.09. The van der Waals surface area contributed by atoms with Gasteiger partial charge in [-0.1, -0.05) is 26.0 Å². The van der Waals surface area contributed by atoms with Crippen LogP contribution in [0, 0.1) is 5.92 Å². The molecule has 3 nitrogen and oxygen atoms in total. The molecule has 17 heavy (non-hydrogen) atoms. The van der Waals surface area contributed by atoms with E-state index in [1.165, 1.54) is 0 Å². The summed E-state index contributed by atoms with van der Waals surface area (Å²) in [6.07, 6.45) is 3.37. The zero-order valence-electron chi connectivity index (χ0n) is 10.7. The van der Waals surface area contributed by atoms with Gasteiger partial charge in [-0.25, -0.2) is 0 Å². The highest BCUT2D eigenvalue weighted by Gasteiger charge is 2.06. The van der Waals surface area contributed by atoms with Crippen LogP contribution < -0.4 is 5.73 Å². The van der Waals surface area contributed by atoms with E-state index in [0.717, 1.165) is 12.1 Å². The van der Waals surface area contributed by atoms with Gasteiger partial charge in [0.25, 0.3) is 0 Å². The molecule has 0 aliphatic heterocycles. The van der Waals surface area contributed by atoms with Gasteiger partial charge in [0.2, 0.25) is 5.91 Å². The van der Waals surface area contributed by atoms with Gasteiger partial charge >= 0.3 is 0 Å². The van der Waals surface area contributed by atoms with Crippen LogP contribution in [0.2, 0.25) is 0 Å². The Balaban J connectivity index is 2.62. The second-order valence-corrected chi connectivity index (χ2v) is 4.62. The van der Waals surface area contributed by atoms with Gasteiger partial charge in [0.1, 0.15) is 0 Å². The molecule has 0 saturated carbocycles. The Morgan fingerprint density at radius 2 is 2.18 bits per heavy atom. The molecule has 0 bridgehead atoms. The van der Waals surface area contributed by atoms with Crippen LogP contribution in [0.5, 0.6) is 0 Å². The van der Waals surface area contributed by atoms with Gasteiger partial charge in [-0.3, -0.25) is 4.79 Å². The van der Waals surface area contributed by atoms with Crippen molar-refractivity contribution in [3.63, 3.8) is 0 Å². The summed E-state index contributed by atoms with van der Waals surface area (Å²) in [7, 11) is 1.81. The number of nitrogens with zero attached hydrogens (tertiary/aromatic N) is 1. The number of rotatable bonds is 4. The molecule has 1 aromatic rings. The van der Waals surface area contributed by atoms with E-state index in [2.05, 4.69) is 13.8 Å². The summed E-state index contributed by atoms with van der Waals surface area (Å²) >= 11 is 0. The zero-order chi connectivity index (χ0) is 12.8. The molecule has 3 heteroatoms. The average molecular weight is 232 g/mol. The highest BCUT2D eigenvalue weighted by atomic mass is 16.2. The topological polar surface area (TPSA) is 46.3 Å². The molecule has 1 rings (SSSR count). The number of anilines is 1. The van der Waals surface area contributed by atoms with Crippen LogP contribution in [-0.4, -0.2) is 24.4 Å². The van der Waals surface area contributed by atoms with Gasteiger partial charge in [0.05, 0.1) is 0 Å². The summed E-state index contributed by atoms with van der Waals surface area (Å²) in [6.45, 7) is 4.94. The predicted molar refractivity (Wildman–Crippen MR) is 72.4 cm³/mol. The summed E-state index contributed by atoms with van der Waals surface area (Å²) in [5, 5.41) is 0. The van der Waals surface area contributed by atoms with Crippen LogP contribution in [0.15, 0.2) is 30.3 Å². The van der Waals surface area contributed by atoms with Gasteiger partial charge in [0.15, 0.2) is 0 Å². The van der Waals surface area contributed by atoms with E-state index < -0.39 is 0 Å². The molecule has 0 aliphatic rings. The first kappa shape index (κ1) is 13.3. The maximum Gasteiger partial charge on any atom is 0.246 e. The van der Waals surface area contributed by atoms with Crippen molar-refractivity contribution in [1.29, 1.82) is 0 Å². The van der Waals surface area contributed by atoms with Gasteiger partial charge < -0.3 is 10.6 Å². The van der Waals surface area contributed by atoms with E-state index in [0.29, 0.717) is 11.6 Å². The van der Waals surface area contributed by atoms with Gasteiger partial charge in [0, 0.05) is 25.4 Å². The van der Waals surface area contributed by atoms with Crippen molar-refractivity contribution in [2.24, 2.45) is 5.92 Å². The molecule has 0 atom stereocenters. The molecule has 0 unspecified atom stereocenters. The van der Waals surface area contributed by atoms with Gasteiger partial charge in [-0.15, -0.1) is 0 Å². The number of amides is 1. The Morgan fingerprint density at radius 1 is 1.47 bits per heavy atom. The Labute approximate surface area is 103 Å². The molecule has 0 saturated heterocycles. The van der Waals surface area contributed by atoms with Crippen LogP contribution >= 0.6 is 0 Å². The van der Waals surface area contributed by atoms with Crippen LogP contribution in [0.4, 0.5) is 5.69 Å². The van der Waals surface area contributed by atoms with E-state index >= 15 is 0 Å². The lowest BCUT2D eigenvalue weighted by Gasteiger charge is -2.17. The third-order valence-electron chi connectivity index (χ3n) is 2.34. The van der Waals surface area contributed by atoms with E-state index in [-0.39, 0.29) is 5.91 Å². The third-order valence-corrected chi connectivity index (χ3v) is 2.34. The minimum Gasteiger partial charge on any atom is -0.399 e. The summed E-state index contributed by atoms with van der Waals surface area (Å²) < 4.78 is 0. The van der Waals surface area contributed by atoms with E-state index in [9.17, 15) is 4.79 Å². The van der Waals surface area contributed by atoms with Gasteiger partial charge in [-0.05, 0) is 29.7 Å². The van der Waals surface area contributed by atoms with Crippen molar-refractivity contribution in [3.8, 4) is 0 Å². The Bertz CT molecular complexity index is 410. The smallest absolute Gasteiger partial charge is 0.246 e. The summed E-state index contributed by atoms with van der Waals surface area (Å²) in [5.41, 5.74) is 7.31. The molecule has 0 radical (unpaired) electrons. The minimum atomic E-state index is 0.0149. The Morgan fingerprint density at radius 3 is 2.76 bits per heavy atom. The number of nitrogen functional groups attached to an aromatic ring is 1. The third kappa shape index (κ3) is 4.72. The molecule has 0 spiro atoms. The summed E-state index contributed by atoms with van der Waals surface area (Å²) in [4.78, 5) is 13.5. The van der Waals surface area contributed by atoms with Crippen LogP contribution in [0.25, 0.3) is 6.08 Å². The first-order valence-electron chi connectivity index (χ1n) is 5.77. The fourth-order valence-corrected chi connectivity index (χ4v) is 1.60. The maximum atomic E-state index is 11.7. The molecular weight excluding hydrogens is 212 g/mol. The molecule has 1 aromatic carbocycles. The van der Waals surface area contributed by atoms with Crippen molar-refractivity contribution in [3.05, 3.63) is 35.9 Å². The number of benzene rings is 1. The number of likely N-dealkylation sites (N-methyl/N-ethyl adjacent to an activating group) is 1. The highest BCUT2D eigenvalue weighted by Crippen LogP contribution is 2.08. The lowest BCUT2D eigenvalue weighted by atomic mass is 10.2. The number of carbonyl (C=O) groups excluding carboxylic acids is 1. The maximum absolute atomic E-state index is 11.7. The lowest BCUT2D eigenvalue weighted by Crippen LogP contribution is -2.28. The molecule has 1 amide bonds. The zero-order valence-corrected chi connectivity index (χ0v) is 10.7. The predicted octanol–water partition coefficient (Wildman–Crippen LogP) is 2.40. The van der Waals surface area contributed by atoms with Crippen molar-refractivity contribution >= 4 is 17.7 Å². The molecule has 2 N–H and O–H groups in total. The van der Waals surface area contributed by atoms with Gasteiger partial charge in [-0.2, -0.15) is 0 Å². The minimum absolute atomic E-state index is 0.0149.